The van der Waals surface area contributed by atoms with Crippen molar-refractivity contribution in [3.05, 3.63) is 59.9 Å². The SMILES string of the molecule is O=C(COC(=O)COc1ccccc1F)Nc1cc(F)ccc1F. The molecule has 0 saturated heterocycles. The topological polar surface area (TPSA) is 64.6 Å². The molecule has 0 bridgehead atoms. The highest BCUT2D eigenvalue weighted by atomic mass is 19.1. The van der Waals surface area contributed by atoms with Crippen LogP contribution in [-0.2, 0) is 14.3 Å². The van der Waals surface area contributed by atoms with Crippen LogP contribution in [0.5, 0.6) is 5.75 Å². The van der Waals surface area contributed by atoms with Crippen LogP contribution in [-0.4, -0.2) is 25.1 Å². The smallest absolute Gasteiger partial charge is 0.344 e. The molecule has 0 atom stereocenters. The Morgan fingerprint density at radius 1 is 0.958 bits per heavy atom. The van der Waals surface area contributed by atoms with Crippen molar-refractivity contribution in [1.29, 1.82) is 0 Å². The first-order valence-electron chi connectivity index (χ1n) is 6.73. The first-order chi connectivity index (χ1) is 11.5. The van der Waals surface area contributed by atoms with Gasteiger partial charge in [0, 0.05) is 6.07 Å². The molecule has 0 aliphatic rings. The standard InChI is InChI=1S/C16H12F3NO4/c17-10-5-6-11(18)13(7-10)20-15(21)8-24-16(22)9-23-14-4-2-1-3-12(14)19/h1-7H,8-9H2,(H,20,21). The van der Waals surface area contributed by atoms with Crippen molar-refractivity contribution in [3.63, 3.8) is 0 Å². The quantitative estimate of drug-likeness (QED) is 0.822. The van der Waals surface area contributed by atoms with Crippen LogP contribution in [0.1, 0.15) is 0 Å². The largest absolute Gasteiger partial charge is 0.479 e. The zero-order valence-electron chi connectivity index (χ0n) is 12.2. The molecule has 2 aromatic carbocycles. The average molecular weight is 339 g/mol. The summed E-state index contributed by atoms with van der Waals surface area (Å²) in [5.41, 5.74) is -0.376. The number of carbonyl (C=O) groups is 2. The molecule has 0 unspecified atom stereocenters. The number of rotatable bonds is 6. The Morgan fingerprint density at radius 3 is 2.46 bits per heavy atom. The van der Waals surface area contributed by atoms with Gasteiger partial charge in [0.15, 0.2) is 24.8 Å². The van der Waals surface area contributed by atoms with E-state index >= 15 is 0 Å². The van der Waals surface area contributed by atoms with Gasteiger partial charge < -0.3 is 14.8 Å². The van der Waals surface area contributed by atoms with E-state index in [0.717, 1.165) is 24.3 Å². The van der Waals surface area contributed by atoms with Gasteiger partial charge in [-0.1, -0.05) is 12.1 Å². The van der Waals surface area contributed by atoms with Gasteiger partial charge in [0.1, 0.15) is 11.6 Å². The van der Waals surface area contributed by atoms with E-state index < -0.39 is 42.5 Å². The summed E-state index contributed by atoms with van der Waals surface area (Å²) in [6.07, 6.45) is 0. The molecule has 126 valence electrons. The Morgan fingerprint density at radius 2 is 1.71 bits per heavy atom. The molecule has 0 aliphatic carbocycles. The maximum absolute atomic E-state index is 13.3. The Hall–Kier alpha value is -3.03. The number of halogens is 3. The van der Waals surface area contributed by atoms with Crippen LogP contribution in [0.15, 0.2) is 42.5 Å². The Bertz CT molecular complexity index is 752. The maximum Gasteiger partial charge on any atom is 0.344 e. The zero-order chi connectivity index (χ0) is 17.5. The Kier molecular flexibility index (Phi) is 5.78. The maximum atomic E-state index is 13.3. The first kappa shape index (κ1) is 17.3. The monoisotopic (exact) mass is 339 g/mol. The van der Waals surface area contributed by atoms with Gasteiger partial charge in [0.05, 0.1) is 5.69 Å². The van der Waals surface area contributed by atoms with E-state index in [0.29, 0.717) is 0 Å². The number of hydrogen-bond acceptors (Lipinski definition) is 4. The predicted octanol–water partition coefficient (Wildman–Crippen LogP) is 2.66. The highest BCUT2D eigenvalue weighted by molar-refractivity contribution is 5.92. The first-order valence-corrected chi connectivity index (χ1v) is 6.73. The van der Waals surface area contributed by atoms with Gasteiger partial charge in [0.2, 0.25) is 0 Å². The van der Waals surface area contributed by atoms with Crippen molar-refractivity contribution in [2.75, 3.05) is 18.5 Å². The summed E-state index contributed by atoms with van der Waals surface area (Å²) in [4.78, 5) is 23.0. The number of anilines is 1. The average Bonchev–Trinajstić information content (AvgIpc) is 2.55. The molecule has 0 radical (unpaired) electrons. The summed E-state index contributed by atoms with van der Waals surface area (Å²) < 4.78 is 49.0. The van der Waals surface area contributed by atoms with E-state index in [9.17, 15) is 22.8 Å². The van der Waals surface area contributed by atoms with E-state index in [-0.39, 0.29) is 11.4 Å². The molecule has 0 spiro atoms. The minimum atomic E-state index is -0.923. The summed E-state index contributed by atoms with van der Waals surface area (Å²) >= 11 is 0. The van der Waals surface area contributed by atoms with Crippen molar-refractivity contribution in [2.45, 2.75) is 0 Å². The van der Waals surface area contributed by atoms with Crippen molar-refractivity contribution >= 4 is 17.6 Å². The van der Waals surface area contributed by atoms with Gasteiger partial charge in [-0.15, -0.1) is 0 Å². The predicted molar refractivity (Wildman–Crippen MR) is 77.8 cm³/mol. The molecule has 1 amide bonds. The number of nitrogens with one attached hydrogen (secondary N) is 1. The van der Waals surface area contributed by atoms with Gasteiger partial charge in [-0.3, -0.25) is 4.79 Å². The Labute approximate surface area is 135 Å². The molecule has 0 aromatic heterocycles. The molecule has 1 N–H and O–H groups in total. The number of benzene rings is 2. The number of amides is 1. The van der Waals surface area contributed by atoms with E-state index in [2.05, 4.69) is 10.1 Å². The molecular weight excluding hydrogens is 327 g/mol. The summed E-state index contributed by atoms with van der Waals surface area (Å²) in [6.45, 7) is -1.34. The fourth-order valence-corrected chi connectivity index (χ4v) is 1.67. The minimum Gasteiger partial charge on any atom is -0.479 e. The van der Waals surface area contributed by atoms with Crippen molar-refractivity contribution in [2.24, 2.45) is 0 Å². The lowest BCUT2D eigenvalue weighted by Gasteiger charge is -2.09. The van der Waals surface area contributed by atoms with Crippen LogP contribution in [0.4, 0.5) is 18.9 Å². The van der Waals surface area contributed by atoms with Gasteiger partial charge >= 0.3 is 5.97 Å². The van der Waals surface area contributed by atoms with Crippen molar-refractivity contribution in [3.8, 4) is 5.75 Å². The summed E-state index contributed by atoms with van der Waals surface area (Å²) in [7, 11) is 0. The molecule has 0 aliphatic heterocycles. The van der Waals surface area contributed by atoms with Crippen LogP contribution in [0.2, 0.25) is 0 Å². The lowest BCUT2D eigenvalue weighted by atomic mass is 10.3. The van der Waals surface area contributed by atoms with E-state index in [1.165, 1.54) is 18.2 Å². The molecule has 0 saturated carbocycles. The molecule has 8 heteroatoms. The van der Waals surface area contributed by atoms with E-state index in [4.69, 9.17) is 4.74 Å². The van der Waals surface area contributed by atoms with Gasteiger partial charge in [-0.25, -0.2) is 18.0 Å². The van der Waals surface area contributed by atoms with Crippen LogP contribution in [0.3, 0.4) is 0 Å². The number of carbonyl (C=O) groups excluding carboxylic acids is 2. The third-order valence-corrected chi connectivity index (χ3v) is 2.75. The molecule has 2 rings (SSSR count). The van der Waals surface area contributed by atoms with Crippen molar-refractivity contribution < 1.29 is 32.2 Å². The summed E-state index contributed by atoms with van der Waals surface area (Å²) in [6, 6.07) is 7.98. The molecule has 24 heavy (non-hydrogen) atoms. The number of hydrogen-bond donors (Lipinski definition) is 1. The third kappa shape index (κ3) is 5.01. The van der Waals surface area contributed by atoms with Gasteiger partial charge in [-0.2, -0.15) is 0 Å². The van der Waals surface area contributed by atoms with Gasteiger partial charge in [-0.05, 0) is 24.3 Å². The number of ether oxygens (including phenoxy) is 2. The molecule has 0 fully saturated rings. The second-order valence-corrected chi connectivity index (χ2v) is 4.55. The summed E-state index contributed by atoms with van der Waals surface area (Å²) in [5, 5.41) is 2.06. The van der Waals surface area contributed by atoms with Crippen LogP contribution >= 0.6 is 0 Å². The summed E-state index contributed by atoms with van der Waals surface area (Å²) in [5.74, 6) is -4.14. The molecular formula is C16H12F3NO4. The normalized spacial score (nSPS) is 10.1. The highest BCUT2D eigenvalue weighted by Crippen LogP contribution is 2.16. The molecule has 0 heterocycles. The molecule has 5 nitrogen and oxygen atoms in total. The third-order valence-electron chi connectivity index (χ3n) is 2.75. The van der Waals surface area contributed by atoms with Gasteiger partial charge in [0.25, 0.3) is 5.91 Å². The van der Waals surface area contributed by atoms with Crippen LogP contribution in [0, 0.1) is 17.5 Å². The fraction of sp³-hybridized carbons (Fsp3) is 0.125. The lowest BCUT2D eigenvalue weighted by molar-refractivity contribution is -0.149. The number of esters is 1. The fourth-order valence-electron chi connectivity index (χ4n) is 1.67. The molecule has 2 aromatic rings. The van der Waals surface area contributed by atoms with Crippen molar-refractivity contribution in [1.82, 2.24) is 0 Å². The minimum absolute atomic E-state index is 0.138. The second kappa shape index (κ2) is 8.00. The van der Waals surface area contributed by atoms with Crippen LogP contribution < -0.4 is 10.1 Å². The van der Waals surface area contributed by atoms with E-state index in [1.54, 1.807) is 0 Å². The zero-order valence-corrected chi connectivity index (χ0v) is 12.2. The Balaban J connectivity index is 1.78. The lowest BCUT2D eigenvalue weighted by Crippen LogP contribution is -2.24. The highest BCUT2D eigenvalue weighted by Gasteiger charge is 2.12. The number of para-hydroxylation sites is 1. The van der Waals surface area contributed by atoms with Crippen LogP contribution in [0.25, 0.3) is 0 Å². The second-order valence-electron chi connectivity index (χ2n) is 4.55. The van der Waals surface area contributed by atoms with E-state index in [1.807, 2.05) is 0 Å².